The van der Waals surface area contributed by atoms with Crippen LogP contribution in [0.3, 0.4) is 0 Å². The molecule has 0 fully saturated rings. The summed E-state index contributed by atoms with van der Waals surface area (Å²) in [6, 6.07) is 0. The van der Waals surface area contributed by atoms with Crippen LogP contribution in [0.25, 0.3) is 11.5 Å². The van der Waals surface area contributed by atoms with E-state index in [1.165, 1.54) is 13.3 Å². The Kier molecular flexibility index (Phi) is 4.24. The molecule has 8 heteroatoms. The van der Waals surface area contributed by atoms with E-state index < -0.39 is 0 Å². The zero-order valence-corrected chi connectivity index (χ0v) is 11.7. The van der Waals surface area contributed by atoms with Gasteiger partial charge in [0.1, 0.15) is 0 Å². The summed E-state index contributed by atoms with van der Waals surface area (Å²) in [7, 11) is 1.52. The molecule has 0 aliphatic heterocycles. The van der Waals surface area contributed by atoms with Gasteiger partial charge in [0.2, 0.25) is 17.8 Å². The third kappa shape index (κ3) is 2.73. The van der Waals surface area contributed by atoms with E-state index in [4.69, 9.17) is 10.5 Å². The molecule has 0 radical (unpaired) electrons. The molecule has 0 amide bonds. The van der Waals surface area contributed by atoms with Gasteiger partial charge in [-0.3, -0.25) is 0 Å². The number of methoxy groups -OCH3 is 1. The smallest absolute Gasteiger partial charge is 0.243 e. The van der Waals surface area contributed by atoms with Gasteiger partial charge >= 0.3 is 0 Å². The highest BCUT2D eigenvalue weighted by atomic mass is 16.5. The molecule has 2 heterocycles. The number of hydrogen-bond donors (Lipinski definition) is 1. The Morgan fingerprint density at radius 2 is 1.80 bits per heavy atom. The molecule has 2 rings (SSSR count). The van der Waals surface area contributed by atoms with Crippen LogP contribution in [0.5, 0.6) is 5.88 Å². The summed E-state index contributed by atoms with van der Waals surface area (Å²) in [5.74, 6) is 1.36. The molecule has 106 valence electrons. The van der Waals surface area contributed by atoms with Crippen molar-refractivity contribution in [2.75, 3.05) is 30.8 Å². The van der Waals surface area contributed by atoms with Crippen LogP contribution in [-0.2, 0) is 0 Å². The van der Waals surface area contributed by atoms with Gasteiger partial charge in [-0.25, -0.2) is 9.97 Å². The summed E-state index contributed by atoms with van der Waals surface area (Å²) in [5.41, 5.74) is 6.20. The Labute approximate surface area is 117 Å². The number of hydrogen-bond acceptors (Lipinski definition) is 8. The third-order valence-electron chi connectivity index (χ3n) is 2.76. The Hall–Kier alpha value is -2.51. The van der Waals surface area contributed by atoms with Crippen molar-refractivity contribution in [3.8, 4) is 17.4 Å². The Morgan fingerprint density at radius 1 is 1.10 bits per heavy atom. The molecule has 0 aromatic carbocycles. The number of ether oxygens (including phenoxy) is 1. The standard InChI is InChI=1S/C12H17N7O/c1-4-19(5-2)12-17-9(16-11(13)18-12)8-10(20-3)15-7-6-14-8/h6-7H,4-5H2,1-3H3,(H2,13,16,17,18). The van der Waals surface area contributed by atoms with Gasteiger partial charge in [0, 0.05) is 25.5 Å². The normalized spacial score (nSPS) is 10.3. The second-order valence-corrected chi connectivity index (χ2v) is 3.90. The molecule has 0 unspecified atom stereocenters. The third-order valence-corrected chi connectivity index (χ3v) is 2.76. The van der Waals surface area contributed by atoms with E-state index in [1.54, 1.807) is 6.20 Å². The minimum atomic E-state index is 0.143. The summed E-state index contributed by atoms with van der Waals surface area (Å²) in [6.45, 7) is 5.59. The van der Waals surface area contributed by atoms with E-state index >= 15 is 0 Å². The minimum absolute atomic E-state index is 0.143. The second-order valence-electron chi connectivity index (χ2n) is 3.90. The van der Waals surface area contributed by atoms with Gasteiger partial charge in [-0.2, -0.15) is 15.0 Å². The SMILES string of the molecule is CCN(CC)c1nc(N)nc(-c2nccnc2OC)n1. The average Bonchev–Trinajstić information content (AvgIpc) is 2.48. The van der Waals surface area contributed by atoms with Crippen molar-refractivity contribution in [3.63, 3.8) is 0 Å². The van der Waals surface area contributed by atoms with E-state index in [9.17, 15) is 0 Å². The van der Waals surface area contributed by atoms with Gasteiger partial charge in [0.15, 0.2) is 11.5 Å². The van der Waals surface area contributed by atoms with Crippen molar-refractivity contribution < 1.29 is 4.74 Å². The van der Waals surface area contributed by atoms with Gasteiger partial charge in [-0.15, -0.1) is 0 Å². The first-order chi connectivity index (χ1) is 9.69. The summed E-state index contributed by atoms with van der Waals surface area (Å²) in [6.07, 6.45) is 3.09. The topological polar surface area (TPSA) is 103 Å². The zero-order chi connectivity index (χ0) is 14.5. The predicted molar refractivity (Wildman–Crippen MR) is 75.4 cm³/mol. The number of aromatic nitrogens is 5. The maximum atomic E-state index is 5.76. The summed E-state index contributed by atoms with van der Waals surface area (Å²) in [5, 5.41) is 0. The van der Waals surface area contributed by atoms with E-state index in [0.29, 0.717) is 23.3 Å². The molecular weight excluding hydrogens is 258 g/mol. The minimum Gasteiger partial charge on any atom is -0.479 e. The summed E-state index contributed by atoms with van der Waals surface area (Å²) in [4.78, 5) is 22.9. The van der Waals surface area contributed by atoms with Gasteiger partial charge in [-0.1, -0.05) is 0 Å². The van der Waals surface area contributed by atoms with Crippen LogP contribution in [0.15, 0.2) is 12.4 Å². The Balaban J connectivity index is 2.52. The fraction of sp³-hybridized carbons (Fsp3) is 0.417. The molecule has 0 bridgehead atoms. The average molecular weight is 275 g/mol. The molecule has 0 saturated heterocycles. The van der Waals surface area contributed by atoms with Crippen molar-refractivity contribution >= 4 is 11.9 Å². The second kappa shape index (κ2) is 6.09. The highest BCUT2D eigenvalue weighted by molar-refractivity contribution is 5.58. The van der Waals surface area contributed by atoms with Gasteiger partial charge in [-0.05, 0) is 13.8 Å². The molecule has 2 N–H and O–H groups in total. The van der Waals surface area contributed by atoms with Crippen molar-refractivity contribution in [1.82, 2.24) is 24.9 Å². The fourth-order valence-electron chi connectivity index (χ4n) is 1.76. The fourth-order valence-corrected chi connectivity index (χ4v) is 1.76. The van der Waals surface area contributed by atoms with Gasteiger partial charge < -0.3 is 15.4 Å². The molecule has 0 saturated carbocycles. The van der Waals surface area contributed by atoms with Crippen LogP contribution in [0, 0.1) is 0 Å². The highest BCUT2D eigenvalue weighted by Gasteiger charge is 2.16. The molecule has 8 nitrogen and oxygen atoms in total. The quantitative estimate of drug-likeness (QED) is 0.853. The Bertz CT molecular complexity index is 586. The number of rotatable bonds is 5. The summed E-state index contributed by atoms with van der Waals surface area (Å²) < 4.78 is 5.16. The molecule has 2 aromatic heterocycles. The molecule has 2 aromatic rings. The van der Waals surface area contributed by atoms with Crippen LogP contribution in [-0.4, -0.2) is 45.1 Å². The maximum Gasteiger partial charge on any atom is 0.243 e. The lowest BCUT2D eigenvalue weighted by Crippen LogP contribution is -2.25. The van der Waals surface area contributed by atoms with E-state index in [2.05, 4.69) is 24.9 Å². The lowest BCUT2D eigenvalue weighted by molar-refractivity contribution is 0.397. The number of nitrogens with zero attached hydrogens (tertiary/aromatic N) is 6. The largest absolute Gasteiger partial charge is 0.479 e. The lowest BCUT2D eigenvalue weighted by atomic mass is 10.4. The molecule has 20 heavy (non-hydrogen) atoms. The van der Waals surface area contributed by atoms with Crippen molar-refractivity contribution in [1.29, 1.82) is 0 Å². The van der Waals surface area contributed by atoms with Crippen LogP contribution in [0.2, 0.25) is 0 Å². The van der Waals surface area contributed by atoms with Crippen molar-refractivity contribution in [3.05, 3.63) is 12.4 Å². The van der Waals surface area contributed by atoms with E-state index in [0.717, 1.165) is 13.1 Å². The number of nitrogens with two attached hydrogens (primary N) is 1. The molecule has 0 aliphatic rings. The van der Waals surface area contributed by atoms with E-state index in [-0.39, 0.29) is 5.95 Å². The summed E-state index contributed by atoms with van der Waals surface area (Å²) >= 11 is 0. The predicted octanol–water partition coefficient (Wildman–Crippen LogP) is 0.766. The monoisotopic (exact) mass is 275 g/mol. The Morgan fingerprint density at radius 3 is 2.45 bits per heavy atom. The molecular formula is C12H17N7O. The van der Waals surface area contributed by atoms with Crippen molar-refractivity contribution in [2.45, 2.75) is 13.8 Å². The van der Waals surface area contributed by atoms with Crippen LogP contribution in [0.4, 0.5) is 11.9 Å². The van der Waals surface area contributed by atoms with Crippen LogP contribution >= 0.6 is 0 Å². The highest BCUT2D eigenvalue weighted by Crippen LogP contribution is 2.23. The number of anilines is 2. The van der Waals surface area contributed by atoms with Crippen molar-refractivity contribution in [2.24, 2.45) is 0 Å². The van der Waals surface area contributed by atoms with E-state index in [1.807, 2.05) is 18.7 Å². The van der Waals surface area contributed by atoms with Crippen LogP contribution < -0.4 is 15.4 Å². The first kappa shape index (κ1) is 13.9. The molecule has 0 aliphatic carbocycles. The molecule has 0 atom stereocenters. The van der Waals surface area contributed by atoms with Gasteiger partial charge in [0.25, 0.3) is 0 Å². The van der Waals surface area contributed by atoms with Crippen LogP contribution in [0.1, 0.15) is 13.8 Å². The number of nitrogen functional groups attached to an aromatic ring is 1. The lowest BCUT2D eigenvalue weighted by Gasteiger charge is -2.18. The maximum absolute atomic E-state index is 5.76. The first-order valence-electron chi connectivity index (χ1n) is 6.31. The van der Waals surface area contributed by atoms with Gasteiger partial charge in [0.05, 0.1) is 7.11 Å². The molecule has 0 spiro atoms. The first-order valence-corrected chi connectivity index (χ1v) is 6.31. The zero-order valence-electron chi connectivity index (χ0n) is 11.7.